The molecule has 1 aliphatic rings. The van der Waals surface area contributed by atoms with Crippen molar-refractivity contribution >= 4 is 23.2 Å². The zero-order valence-electron chi connectivity index (χ0n) is 17.6. The van der Waals surface area contributed by atoms with Crippen molar-refractivity contribution in [2.75, 3.05) is 43.4 Å². The quantitative estimate of drug-likeness (QED) is 0.521. The van der Waals surface area contributed by atoms with Gasteiger partial charge >= 0.3 is 0 Å². The monoisotopic (exact) mass is 414 g/mol. The third-order valence-corrected chi connectivity index (χ3v) is 5.80. The van der Waals surface area contributed by atoms with Crippen molar-refractivity contribution in [1.82, 2.24) is 0 Å². The van der Waals surface area contributed by atoms with E-state index in [0.717, 1.165) is 43.9 Å². The lowest BCUT2D eigenvalue weighted by molar-refractivity contribution is -1.01. The van der Waals surface area contributed by atoms with E-state index in [-0.39, 0.29) is 23.7 Å². The van der Waals surface area contributed by atoms with Gasteiger partial charge in [-0.1, -0.05) is 25.1 Å². The zero-order valence-corrected chi connectivity index (χ0v) is 17.6. The van der Waals surface area contributed by atoms with Gasteiger partial charge in [-0.2, -0.15) is 0 Å². The Bertz CT molecular complexity index is 864. The number of rotatable bonds is 7. The topological polar surface area (TPSA) is 67.1 Å². The molecule has 2 aromatic carbocycles. The number of quaternary nitrogens is 2. The van der Waals surface area contributed by atoms with Crippen molar-refractivity contribution in [1.29, 1.82) is 0 Å². The Morgan fingerprint density at radius 2 is 1.67 bits per heavy atom. The molecule has 1 saturated heterocycles. The van der Waals surface area contributed by atoms with E-state index in [9.17, 15) is 14.0 Å². The first-order valence-corrected chi connectivity index (χ1v) is 10.6. The van der Waals surface area contributed by atoms with E-state index >= 15 is 0 Å². The van der Waals surface area contributed by atoms with E-state index < -0.39 is 0 Å². The van der Waals surface area contributed by atoms with Crippen LogP contribution in [0.15, 0.2) is 48.5 Å². The second-order valence-electron chi connectivity index (χ2n) is 7.86. The molecule has 160 valence electrons. The Labute approximate surface area is 177 Å². The molecule has 0 bridgehead atoms. The Balaban J connectivity index is 1.45. The highest BCUT2D eigenvalue weighted by atomic mass is 19.1. The minimum absolute atomic E-state index is 0.0245. The molecule has 1 heterocycles. The molecule has 1 aliphatic heterocycles. The number of amides is 2. The molecule has 2 aromatic rings. The van der Waals surface area contributed by atoms with Crippen molar-refractivity contribution in [3.8, 4) is 0 Å². The first-order chi connectivity index (χ1) is 14.5. The van der Waals surface area contributed by atoms with E-state index in [2.05, 4.69) is 17.6 Å². The SMILES string of the molecule is CCc1ccccc1NC(=O)C[NH+]1CC[NH+]([C@H](C)C(=O)Nc2ccc(F)cc2)CC1. The number of carbonyl (C=O) groups excluding carboxylic acids is 2. The van der Waals surface area contributed by atoms with E-state index in [1.807, 2.05) is 31.2 Å². The summed E-state index contributed by atoms with van der Waals surface area (Å²) in [5, 5.41) is 5.89. The summed E-state index contributed by atoms with van der Waals surface area (Å²) in [6.07, 6.45) is 0.878. The molecule has 1 fully saturated rings. The maximum atomic E-state index is 13.0. The lowest BCUT2D eigenvalue weighted by Crippen LogP contribution is -3.30. The summed E-state index contributed by atoms with van der Waals surface area (Å²) in [7, 11) is 0. The normalized spacial score (nSPS) is 19.7. The molecule has 4 N–H and O–H groups in total. The Hall–Kier alpha value is -2.77. The minimum atomic E-state index is -0.326. The fourth-order valence-corrected chi connectivity index (χ4v) is 3.88. The molecule has 0 saturated carbocycles. The molecule has 6 nitrogen and oxygen atoms in total. The van der Waals surface area contributed by atoms with Gasteiger partial charge in [0.05, 0.1) is 0 Å². The largest absolute Gasteiger partial charge is 0.321 e. The van der Waals surface area contributed by atoms with E-state index in [1.54, 1.807) is 12.1 Å². The van der Waals surface area contributed by atoms with Gasteiger partial charge in [0.1, 0.15) is 32.0 Å². The van der Waals surface area contributed by atoms with Crippen molar-refractivity contribution in [3.05, 3.63) is 59.9 Å². The number of benzene rings is 2. The molecule has 1 atom stereocenters. The number of anilines is 2. The molecule has 7 heteroatoms. The van der Waals surface area contributed by atoms with Crippen LogP contribution in [0.1, 0.15) is 19.4 Å². The van der Waals surface area contributed by atoms with Crippen molar-refractivity contribution < 1.29 is 23.8 Å². The van der Waals surface area contributed by atoms with Crippen LogP contribution >= 0.6 is 0 Å². The van der Waals surface area contributed by atoms with Gasteiger partial charge in [-0.15, -0.1) is 0 Å². The Morgan fingerprint density at radius 1 is 1.00 bits per heavy atom. The fraction of sp³-hybridized carbons (Fsp3) is 0.391. The van der Waals surface area contributed by atoms with E-state index in [4.69, 9.17) is 0 Å². The van der Waals surface area contributed by atoms with Crippen LogP contribution < -0.4 is 20.4 Å². The van der Waals surface area contributed by atoms with Crippen LogP contribution in [0.3, 0.4) is 0 Å². The number of hydrogen-bond acceptors (Lipinski definition) is 2. The Morgan fingerprint density at radius 3 is 2.33 bits per heavy atom. The third-order valence-electron chi connectivity index (χ3n) is 5.80. The molecular weight excluding hydrogens is 383 g/mol. The summed E-state index contributed by atoms with van der Waals surface area (Å²) in [5.41, 5.74) is 2.62. The molecule has 0 unspecified atom stereocenters. The second kappa shape index (κ2) is 10.3. The second-order valence-corrected chi connectivity index (χ2v) is 7.86. The number of piperazine rings is 1. The van der Waals surface area contributed by atoms with Crippen molar-refractivity contribution in [2.24, 2.45) is 0 Å². The molecule has 30 heavy (non-hydrogen) atoms. The van der Waals surface area contributed by atoms with Crippen LogP contribution in [0.2, 0.25) is 0 Å². The van der Waals surface area contributed by atoms with Crippen molar-refractivity contribution in [3.63, 3.8) is 0 Å². The van der Waals surface area contributed by atoms with Gasteiger partial charge in [0.15, 0.2) is 12.6 Å². The third kappa shape index (κ3) is 5.87. The van der Waals surface area contributed by atoms with Gasteiger partial charge in [-0.3, -0.25) is 9.59 Å². The predicted molar refractivity (Wildman–Crippen MR) is 115 cm³/mol. The van der Waals surface area contributed by atoms with E-state index in [1.165, 1.54) is 21.9 Å². The number of carbonyl (C=O) groups is 2. The Kier molecular flexibility index (Phi) is 7.54. The van der Waals surface area contributed by atoms with Gasteiger partial charge in [0.2, 0.25) is 0 Å². The summed E-state index contributed by atoms with van der Waals surface area (Å²) in [5.74, 6) is -0.376. The lowest BCUT2D eigenvalue weighted by Gasteiger charge is -2.32. The highest BCUT2D eigenvalue weighted by Crippen LogP contribution is 2.14. The van der Waals surface area contributed by atoms with Gasteiger partial charge in [0, 0.05) is 11.4 Å². The van der Waals surface area contributed by atoms with Gasteiger partial charge in [0.25, 0.3) is 11.8 Å². The fourth-order valence-electron chi connectivity index (χ4n) is 3.88. The van der Waals surface area contributed by atoms with Crippen molar-refractivity contribution in [2.45, 2.75) is 26.3 Å². The molecule has 0 aromatic heterocycles. The highest BCUT2D eigenvalue weighted by molar-refractivity contribution is 5.93. The van der Waals surface area contributed by atoms with Gasteiger partial charge < -0.3 is 20.4 Å². The van der Waals surface area contributed by atoms with Crippen LogP contribution in [0, 0.1) is 5.82 Å². The summed E-state index contributed by atoms with van der Waals surface area (Å²) < 4.78 is 13.0. The highest BCUT2D eigenvalue weighted by Gasteiger charge is 2.31. The predicted octanol–water partition coefficient (Wildman–Crippen LogP) is 0.137. The van der Waals surface area contributed by atoms with Gasteiger partial charge in [-0.25, -0.2) is 4.39 Å². The van der Waals surface area contributed by atoms with Crippen LogP contribution in [-0.4, -0.2) is 50.6 Å². The molecule has 3 rings (SSSR count). The number of halogens is 1. The lowest BCUT2D eigenvalue weighted by atomic mass is 10.1. The summed E-state index contributed by atoms with van der Waals surface area (Å²) in [6.45, 7) is 7.75. The van der Waals surface area contributed by atoms with Crippen LogP contribution in [0.5, 0.6) is 0 Å². The maximum absolute atomic E-state index is 13.0. The molecule has 0 spiro atoms. The standard InChI is InChI=1S/C23H29FN4O2/c1-3-18-6-4-5-7-21(18)26-22(29)16-27-12-14-28(15-13-27)17(2)23(30)25-20-10-8-19(24)9-11-20/h4-11,17H,3,12-16H2,1-2H3,(H,25,30)(H,26,29)/p+2/t17-/m1/s1. The first-order valence-electron chi connectivity index (χ1n) is 10.6. The van der Waals surface area contributed by atoms with Crippen LogP contribution in [-0.2, 0) is 16.0 Å². The maximum Gasteiger partial charge on any atom is 0.282 e. The zero-order chi connectivity index (χ0) is 21.5. The molecule has 2 amide bonds. The van der Waals surface area contributed by atoms with E-state index in [0.29, 0.717) is 12.2 Å². The average Bonchev–Trinajstić information content (AvgIpc) is 2.75. The summed E-state index contributed by atoms with van der Waals surface area (Å²) in [6, 6.07) is 13.5. The number of nitrogens with one attached hydrogen (secondary N) is 4. The van der Waals surface area contributed by atoms with Gasteiger partial charge in [-0.05, 0) is 49.2 Å². The van der Waals surface area contributed by atoms with Crippen LogP contribution in [0.25, 0.3) is 0 Å². The molecule has 0 radical (unpaired) electrons. The summed E-state index contributed by atoms with van der Waals surface area (Å²) >= 11 is 0. The molecular formula is C23H31FN4O2+2. The summed E-state index contributed by atoms with van der Waals surface area (Å²) in [4.78, 5) is 27.4. The average molecular weight is 415 g/mol. The minimum Gasteiger partial charge on any atom is -0.321 e. The van der Waals surface area contributed by atoms with Crippen LogP contribution in [0.4, 0.5) is 15.8 Å². The number of hydrogen-bond donors (Lipinski definition) is 4. The number of para-hydroxylation sites is 1. The first kappa shape index (κ1) is 21.9. The molecule has 0 aliphatic carbocycles. The number of aryl methyl sites for hydroxylation is 1. The smallest absolute Gasteiger partial charge is 0.282 e.